The molecule has 88 valence electrons. The molecule has 1 nitrogen and oxygen atoms in total. The van der Waals surface area contributed by atoms with Crippen LogP contribution in [0.4, 0.5) is 0 Å². The van der Waals surface area contributed by atoms with Crippen LogP contribution in [0.15, 0.2) is 29.8 Å². The molecule has 0 aliphatic heterocycles. The fraction of sp³-hybridized carbons (Fsp3) is 0.375. The standard InChI is InChI=1S/C16H19N/c1-10(2)15-11(3)9-13-12-7-5-6-8-14(12)17(4)16(13)15/h5-8,10H,9H2,1-4H3. The summed E-state index contributed by atoms with van der Waals surface area (Å²) >= 11 is 0. The van der Waals surface area contributed by atoms with E-state index in [1.807, 2.05) is 0 Å². The maximum Gasteiger partial charge on any atom is 0.0485 e. The summed E-state index contributed by atoms with van der Waals surface area (Å²) in [5.74, 6) is 0.610. The molecule has 2 aromatic rings. The second-order valence-corrected chi connectivity index (χ2v) is 5.43. The quantitative estimate of drug-likeness (QED) is 0.686. The molecule has 0 fully saturated rings. The van der Waals surface area contributed by atoms with E-state index < -0.39 is 0 Å². The first-order chi connectivity index (χ1) is 8.11. The van der Waals surface area contributed by atoms with Crippen LogP contribution in [0, 0.1) is 5.92 Å². The van der Waals surface area contributed by atoms with E-state index in [0.29, 0.717) is 5.92 Å². The molecule has 0 spiro atoms. The Morgan fingerprint density at radius 1 is 1.18 bits per heavy atom. The van der Waals surface area contributed by atoms with Crippen molar-refractivity contribution >= 4 is 16.5 Å². The molecule has 1 heterocycles. The van der Waals surface area contributed by atoms with Crippen LogP contribution in [0.2, 0.25) is 0 Å². The van der Waals surface area contributed by atoms with Gasteiger partial charge in [0.2, 0.25) is 0 Å². The third kappa shape index (κ3) is 1.32. The van der Waals surface area contributed by atoms with Crippen LogP contribution in [0.5, 0.6) is 0 Å². The normalized spacial score (nSPS) is 15.1. The van der Waals surface area contributed by atoms with E-state index in [-0.39, 0.29) is 0 Å². The molecule has 0 atom stereocenters. The molecule has 0 unspecified atom stereocenters. The van der Waals surface area contributed by atoms with Gasteiger partial charge in [-0.15, -0.1) is 0 Å². The molecule has 1 aliphatic carbocycles. The van der Waals surface area contributed by atoms with E-state index in [4.69, 9.17) is 0 Å². The van der Waals surface area contributed by atoms with Crippen LogP contribution in [0.25, 0.3) is 16.5 Å². The number of fused-ring (bicyclic) bond motifs is 3. The number of rotatable bonds is 1. The maximum absolute atomic E-state index is 2.37. The number of hydrogen-bond donors (Lipinski definition) is 0. The van der Waals surface area contributed by atoms with Gasteiger partial charge in [0.05, 0.1) is 0 Å². The second kappa shape index (κ2) is 3.49. The third-order valence-electron chi connectivity index (χ3n) is 3.95. The summed E-state index contributed by atoms with van der Waals surface area (Å²) in [4.78, 5) is 0. The van der Waals surface area contributed by atoms with Gasteiger partial charge in [-0.3, -0.25) is 0 Å². The second-order valence-electron chi connectivity index (χ2n) is 5.43. The van der Waals surface area contributed by atoms with Crippen molar-refractivity contribution < 1.29 is 0 Å². The number of benzene rings is 1. The van der Waals surface area contributed by atoms with Crippen molar-refractivity contribution in [1.29, 1.82) is 0 Å². The average molecular weight is 225 g/mol. The molecule has 3 rings (SSSR count). The molecule has 0 bridgehead atoms. The summed E-state index contributed by atoms with van der Waals surface area (Å²) in [5, 5.41) is 1.43. The molecule has 0 saturated heterocycles. The Hall–Kier alpha value is -1.50. The van der Waals surface area contributed by atoms with Crippen molar-refractivity contribution in [2.45, 2.75) is 27.2 Å². The van der Waals surface area contributed by atoms with E-state index in [9.17, 15) is 0 Å². The van der Waals surface area contributed by atoms with Gasteiger partial charge in [0.1, 0.15) is 0 Å². The summed E-state index contributed by atoms with van der Waals surface area (Å²) in [5.41, 5.74) is 7.47. The monoisotopic (exact) mass is 225 g/mol. The molecular formula is C16H19N. The molecule has 1 aromatic carbocycles. The summed E-state index contributed by atoms with van der Waals surface area (Å²) in [6.45, 7) is 6.88. The Balaban J connectivity index is 2.37. The minimum atomic E-state index is 0.610. The van der Waals surface area contributed by atoms with Gasteiger partial charge in [0.25, 0.3) is 0 Å². The Labute approximate surface area is 103 Å². The Bertz CT molecular complexity index is 626. The molecule has 1 heteroatoms. The molecule has 0 radical (unpaired) electrons. The van der Waals surface area contributed by atoms with Crippen LogP contribution in [-0.4, -0.2) is 4.57 Å². The lowest BCUT2D eigenvalue weighted by Crippen LogP contribution is -2.00. The number of para-hydroxylation sites is 1. The summed E-state index contributed by atoms with van der Waals surface area (Å²) in [7, 11) is 2.20. The number of nitrogens with zero attached hydrogens (tertiary/aromatic N) is 1. The number of allylic oxidation sites excluding steroid dienone is 2. The van der Waals surface area contributed by atoms with Crippen LogP contribution in [0.3, 0.4) is 0 Å². The molecule has 0 N–H and O–H groups in total. The molecule has 0 amide bonds. The Morgan fingerprint density at radius 3 is 2.59 bits per heavy atom. The average Bonchev–Trinajstić information content (AvgIpc) is 2.76. The number of hydrogen-bond acceptors (Lipinski definition) is 0. The number of aromatic nitrogens is 1. The van der Waals surface area contributed by atoms with Crippen molar-refractivity contribution in [2.24, 2.45) is 13.0 Å². The van der Waals surface area contributed by atoms with E-state index in [1.165, 1.54) is 22.2 Å². The van der Waals surface area contributed by atoms with Gasteiger partial charge in [0.15, 0.2) is 0 Å². The predicted molar refractivity (Wildman–Crippen MR) is 74.1 cm³/mol. The van der Waals surface area contributed by atoms with Crippen molar-refractivity contribution in [3.63, 3.8) is 0 Å². The lowest BCUT2D eigenvalue weighted by atomic mass is 9.99. The van der Waals surface area contributed by atoms with E-state index in [1.54, 1.807) is 11.1 Å². The lowest BCUT2D eigenvalue weighted by molar-refractivity contribution is 0.825. The van der Waals surface area contributed by atoms with Gasteiger partial charge in [0, 0.05) is 23.6 Å². The Morgan fingerprint density at radius 2 is 1.88 bits per heavy atom. The zero-order valence-electron chi connectivity index (χ0n) is 11.0. The Kier molecular flexibility index (Phi) is 2.19. The molecule has 1 aliphatic rings. The van der Waals surface area contributed by atoms with Crippen molar-refractivity contribution in [3.8, 4) is 0 Å². The molecular weight excluding hydrogens is 206 g/mol. The zero-order chi connectivity index (χ0) is 12.2. The van der Waals surface area contributed by atoms with Crippen LogP contribution < -0.4 is 0 Å². The van der Waals surface area contributed by atoms with Crippen LogP contribution in [0.1, 0.15) is 32.0 Å². The SMILES string of the molecule is CC1=C(C(C)C)c2c(c3ccccc3n2C)C1. The highest BCUT2D eigenvalue weighted by atomic mass is 15.0. The largest absolute Gasteiger partial charge is 0.344 e. The molecule has 0 saturated carbocycles. The van der Waals surface area contributed by atoms with Crippen LogP contribution >= 0.6 is 0 Å². The van der Waals surface area contributed by atoms with Crippen molar-refractivity contribution in [1.82, 2.24) is 4.57 Å². The van der Waals surface area contributed by atoms with Crippen molar-refractivity contribution in [3.05, 3.63) is 41.1 Å². The molecule has 17 heavy (non-hydrogen) atoms. The first kappa shape index (κ1) is 10.6. The zero-order valence-corrected chi connectivity index (χ0v) is 11.0. The molecule has 1 aromatic heterocycles. The summed E-state index contributed by atoms with van der Waals surface area (Å²) in [6, 6.07) is 8.75. The van der Waals surface area contributed by atoms with Crippen LogP contribution in [-0.2, 0) is 13.5 Å². The van der Waals surface area contributed by atoms with Crippen molar-refractivity contribution in [2.75, 3.05) is 0 Å². The third-order valence-corrected chi connectivity index (χ3v) is 3.95. The van der Waals surface area contributed by atoms with Gasteiger partial charge in [-0.1, -0.05) is 37.6 Å². The fourth-order valence-electron chi connectivity index (χ4n) is 3.32. The van der Waals surface area contributed by atoms with E-state index in [2.05, 4.69) is 56.7 Å². The highest BCUT2D eigenvalue weighted by Crippen LogP contribution is 2.42. The summed E-state index contributed by atoms with van der Waals surface area (Å²) in [6.07, 6.45) is 1.13. The highest BCUT2D eigenvalue weighted by Gasteiger charge is 2.26. The number of aryl methyl sites for hydroxylation is 1. The lowest BCUT2D eigenvalue weighted by Gasteiger charge is -2.12. The minimum absolute atomic E-state index is 0.610. The van der Waals surface area contributed by atoms with E-state index >= 15 is 0 Å². The van der Waals surface area contributed by atoms with Gasteiger partial charge >= 0.3 is 0 Å². The van der Waals surface area contributed by atoms with Gasteiger partial charge < -0.3 is 4.57 Å². The minimum Gasteiger partial charge on any atom is -0.344 e. The highest BCUT2D eigenvalue weighted by molar-refractivity contribution is 5.93. The maximum atomic E-state index is 2.37. The van der Waals surface area contributed by atoms with E-state index in [0.717, 1.165) is 6.42 Å². The smallest absolute Gasteiger partial charge is 0.0485 e. The topological polar surface area (TPSA) is 4.93 Å². The first-order valence-electron chi connectivity index (χ1n) is 6.37. The van der Waals surface area contributed by atoms with Gasteiger partial charge in [-0.2, -0.15) is 0 Å². The first-order valence-corrected chi connectivity index (χ1v) is 6.37. The van der Waals surface area contributed by atoms with Gasteiger partial charge in [-0.25, -0.2) is 0 Å². The van der Waals surface area contributed by atoms with Gasteiger partial charge in [-0.05, 0) is 36.5 Å². The summed E-state index contributed by atoms with van der Waals surface area (Å²) < 4.78 is 2.37. The predicted octanol–water partition coefficient (Wildman–Crippen LogP) is 4.16. The fourth-order valence-corrected chi connectivity index (χ4v) is 3.32.